The number of nitrogens with one attached hydrogen (secondary N) is 2. The van der Waals surface area contributed by atoms with Crippen molar-refractivity contribution in [3.63, 3.8) is 0 Å². The Kier molecular flexibility index (Phi) is 5.39. The fourth-order valence-electron chi connectivity index (χ4n) is 3.31. The molecule has 1 saturated heterocycles. The van der Waals surface area contributed by atoms with Crippen LogP contribution in [0.1, 0.15) is 19.8 Å². The van der Waals surface area contributed by atoms with Gasteiger partial charge in [-0.25, -0.2) is 9.18 Å². The lowest BCUT2D eigenvalue weighted by atomic mass is 10.1. The average molecular weight is 411 g/mol. The summed E-state index contributed by atoms with van der Waals surface area (Å²) < 4.78 is 20.1. The highest BCUT2D eigenvalue weighted by Gasteiger charge is 2.32. The number of carbonyl (C=O) groups is 2. The van der Waals surface area contributed by atoms with Gasteiger partial charge in [-0.2, -0.15) is 0 Å². The molecule has 1 atom stereocenters. The van der Waals surface area contributed by atoms with Crippen LogP contribution in [0.4, 0.5) is 20.6 Å². The third-order valence-electron chi connectivity index (χ3n) is 5.07. The Labute approximate surface area is 172 Å². The Balaban J connectivity index is 1.53. The van der Waals surface area contributed by atoms with E-state index in [1.54, 1.807) is 30.3 Å². The number of anilines is 2. The van der Waals surface area contributed by atoms with E-state index >= 15 is 0 Å². The first-order valence-corrected chi connectivity index (χ1v) is 9.84. The van der Waals surface area contributed by atoms with Gasteiger partial charge in [-0.3, -0.25) is 14.5 Å². The van der Waals surface area contributed by atoms with Crippen molar-refractivity contribution in [2.75, 3.05) is 23.3 Å². The van der Waals surface area contributed by atoms with Crippen LogP contribution in [0, 0.1) is 5.82 Å². The van der Waals surface area contributed by atoms with Crippen LogP contribution in [0.15, 0.2) is 47.3 Å². The minimum absolute atomic E-state index is 0.143. The Hall–Kier alpha value is -3.42. The standard InChI is InChI=1S/C22H22FN3O4/c1-13(27)24-11-17-12-26(22(29)30-17)16-6-7-18(19(23)10-16)14-2-8-20(21(28)9-3-14)25-15-4-5-15/h2-3,6-10,15,17H,4-5,11-12H2,1H3,(H,24,27)(H,25,28)/t17-/m0/s1. The molecule has 7 nitrogen and oxygen atoms in total. The van der Waals surface area contributed by atoms with Gasteiger partial charge < -0.3 is 15.4 Å². The number of nitrogens with zero attached hydrogens (tertiary/aromatic N) is 1. The van der Waals surface area contributed by atoms with Crippen molar-refractivity contribution in [3.8, 4) is 11.1 Å². The smallest absolute Gasteiger partial charge is 0.414 e. The number of carbonyl (C=O) groups excluding carboxylic acids is 2. The fraction of sp³-hybridized carbons (Fsp3) is 0.318. The lowest BCUT2D eigenvalue weighted by Gasteiger charge is -2.14. The van der Waals surface area contributed by atoms with Gasteiger partial charge in [0.1, 0.15) is 11.9 Å². The Morgan fingerprint density at radius 3 is 2.63 bits per heavy atom. The summed E-state index contributed by atoms with van der Waals surface area (Å²) in [5.41, 5.74) is 1.62. The molecule has 2 aromatic carbocycles. The summed E-state index contributed by atoms with van der Waals surface area (Å²) >= 11 is 0. The largest absolute Gasteiger partial charge is 0.442 e. The van der Waals surface area contributed by atoms with Crippen molar-refractivity contribution < 1.29 is 18.7 Å². The van der Waals surface area contributed by atoms with Gasteiger partial charge in [0, 0.05) is 18.5 Å². The van der Waals surface area contributed by atoms with E-state index in [0.717, 1.165) is 12.8 Å². The van der Waals surface area contributed by atoms with E-state index in [2.05, 4.69) is 10.6 Å². The van der Waals surface area contributed by atoms with E-state index in [-0.39, 0.29) is 24.4 Å². The first kappa shape index (κ1) is 19.9. The van der Waals surface area contributed by atoms with Crippen LogP contribution in [-0.4, -0.2) is 37.2 Å². The molecule has 0 bridgehead atoms. The summed E-state index contributed by atoms with van der Waals surface area (Å²) in [5, 5.41) is 5.78. The van der Waals surface area contributed by atoms with Crippen LogP contribution < -0.4 is 21.0 Å². The van der Waals surface area contributed by atoms with Gasteiger partial charge in [0.2, 0.25) is 11.3 Å². The maximum atomic E-state index is 14.9. The van der Waals surface area contributed by atoms with Crippen LogP contribution in [0.25, 0.3) is 11.1 Å². The minimum atomic E-state index is -0.588. The second-order valence-corrected chi connectivity index (χ2v) is 7.54. The SMILES string of the molecule is CC(=O)NC[C@H]1CN(c2ccc(-c3ccc(NC4CC4)c(=O)cc3)c(F)c2)C(=O)O1. The number of hydrogen-bond acceptors (Lipinski definition) is 5. The lowest BCUT2D eigenvalue weighted by molar-refractivity contribution is -0.119. The second-order valence-electron chi connectivity index (χ2n) is 7.54. The predicted molar refractivity (Wildman–Crippen MR) is 111 cm³/mol. The van der Waals surface area contributed by atoms with Gasteiger partial charge in [0.15, 0.2) is 0 Å². The molecule has 8 heteroatoms. The molecule has 0 aromatic heterocycles. The molecule has 2 aliphatic rings. The van der Waals surface area contributed by atoms with E-state index in [4.69, 9.17) is 4.74 Å². The van der Waals surface area contributed by atoms with Gasteiger partial charge in [-0.1, -0.05) is 12.1 Å². The van der Waals surface area contributed by atoms with E-state index in [0.29, 0.717) is 28.5 Å². The monoisotopic (exact) mass is 411 g/mol. The normalized spacial score (nSPS) is 18.1. The van der Waals surface area contributed by atoms with Crippen molar-refractivity contribution in [2.45, 2.75) is 31.9 Å². The number of hydrogen-bond donors (Lipinski definition) is 2. The zero-order chi connectivity index (χ0) is 21.3. The van der Waals surface area contributed by atoms with Crippen molar-refractivity contribution in [2.24, 2.45) is 0 Å². The van der Waals surface area contributed by atoms with E-state index in [1.165, 1.54) is 24.0 Å². The van der Waals surface area contributed by atoms with E-state index in [9.17, 15) is 18.8 Å². The lowest BCUT2D eigenvalue weighted by Crippen LogP contribution is -2.33. The Morgan fingerprint density at radius 2 is 1.93 bits per heavy atom. The van der Waals surface area contributed by atoms with Crippen molar-refractivity contribution in [1.29, 1.82) is 0 Å². The van der Waals surface area contributed by atoms with Gasteiger partial charge in [-0.05, 0) is 48.7 Å². The predicted octanol–water partition coefficient (Wildman–Crippen LogP) is 2.89. The number of amides is 2. The van der Waals surface area contributed by atoms with Gasteiger partial charge in [0.05, 0.1) is 24.5 Å². The number of ether oxygens (including phenoxy) is 1. The average Bonchev–Trinajstić information content (AvgIpc) is 3.47. The summed E-state index contributed by atoms with van der Waals surface area (Å²) in [7, 11) is 0. The van der Waals surface area contributed by atoms with Crippen LogP contribution in [0.3, 0.4) is 0 Å². The fourth-order valence-corrected chi connectivity index (χ4v) is 3.31. The van der Waals surface area contributed by atoms with Crippen LogP contribution in [-0.2, 0) is 9.53 Å². The molecule has 30 heavy (non-hydrogen) atoms. The maximum absolute atomic E-state index is 14.9. The molecule has 2 N–H and O–H groups in total. The highest BCUT2D eigenvalue weighted by atomic mass is 19.1. The molecule has 2 amide bonds. The quantitative estimate of drug-likeness (QED) is 0.763. The Morgan fingerprint density at radius 1 is 1.17 bits per heavy atom. The summed E-state index contributed by atoms with van der Waals surface area (Å²) in [6, 6.07) is 11.2. The minimum Gasteiger partial charge on any atom is -0.442 e. The molecule has 2 fully saturated rings. The van der Waals surface area contributed by atoms with E-state index in [1.807, 2.05) is 0 Å². The molecule has 1 aliphatic carbocycles. The molecule has 2 aromatic rings. The topological polar surface area (TPSA) is 87.7 Å². The zero-order valence-electron chi connectivity index (χ0n) is 16.5. The third-order valence-corrected chi connectivity index (χ3v) is 5.07. The molecular formula is C22H22FN3O4. The number of halogens is 1. The third kappa shape index (κ3) is 4.42. The first-order chi connectivity index (χ1) is 14.4. The highest BCUT2D eigenvalue weighted by molar-refractivity contribution is 5.90. The molecule has 4 rings (SSSR count). The molecule has 156 valence electrons. The van der Waals surface area contributed by atoms with Crippen molar-refractivity contribution >= 4 is 23.4 Å². The molecule has 0 radical (unpaired) electrons. The van der Waals surface area contributed by atoms with Crippen LogP contribution >= 0.6 is 0 Å². The van der Waals surface area contributed by atoms with Crippen molar-refractivity contribution in [3.05, 3.63) is 58.5 Å². The van der Waals surface area contributed by atoms with Gasteiger partial charge in [0.25, 0.3) is 0 Å². The summed E-state index contributed by atoms with van der Waals surface area (Å²) in [5.74, 6) is -0.728. The number of cyclic esters (lactones) is 1. The summed E-state index contributed by atoms with van der Waals surface area (Å²) in [6.45, 7) is 1.80. The van der Waals surface area contributed by atoms with Crippen LogP contribution in [0.2, 0.25) is 0 Å². The van der Waals surface area contributed by atoms with Crippen molar-refractivity contribution in [1.82, 2.24) is 5.32 Å². The summed E-state index contributed by atoms with van der Waals surface area (Å²) in [4.78, 5) is 36.7. The van der Waals surface area contributed by atoms with E-state index < -0.39 is 18.0 Å². The van der Waals surface area contributed by atoms with Gasteiger partial charge >= 0.3 is 6.09 Å². The Bertz CT molecular complexity index is 1050. The molecule has 0 unspecified atom stereocenters. The molecular weight excluding hydrogens is 389 g/mol. The van der Waals surface area contributed by atoms with Gasteiger partial charge in [-0.15, -0.1) is 0 Å². The number of rotatable bonds is 6. The van der Waals surface area contributed by atoms with Crippen LogP contribution in [0.5, 0.6) is 0 Å². The molecule has 1 saturated carbocycles. The zero-order valence-corrected chi connectivity index (χ0v) is 16.5. The first-order valence-electron chi connectivity index (χ1n) is 9.84. The molecule has 0 spiro atoms. The summed E-state index contributed by atoms with van der Waals surface area (Å²) in [6.07, 6.45) is 1.01. The highest BCUT2D eigenvalue weighted by Crippen LogP contribution is 2.29. The maximum Gasteiger partial charge on any atom is 0.414 e. The molecule has 1 heterocycles. The number of benzene rings is 1. The molecule has 1 aliphatic heterocycles. The second kappa shape index (κ2) is 8.14.